The molecular formula is C22H19BrINO2. The Kier molecular flexibility index (Phi) is 6.90. The third kappa shape index (κ3) is 5.56. The fraction of sp³-hybridized carbons (Fsp3) is 0.136. The highest BCUT2D eigenvalue weighted by molar-refractivity contribution is 14.1. The molecule has 0 amide bonds. The Morgan fingerprint density at radius 1 is 1.04 bits per heavy atom. The maximum absolute atomic E-state index is 6.02. The Balaban J connectivity index is 1.77. The molecule has 0 aliphatic heterocycles. The summed E-state index contributed by atoms with van der Waals surface area (Å²) in [7, 11) is 1.65. The van der Waals surface area contributed by atoms with E-state index < -0.39 is 0 Å². The molecule has 5 heteroatoms. The zero-order valence-corrected chi connectivity index (χ0v) is 18.8. The molecule has 0 spiro atoms. The average molecular weight is 536 g/mol. The molecule has 0 aliphatic rings. The number of ether oxygens (including phenoxy) is 2. The SMILES string of the molecule is COc1cc(C=Nc2ccc(C)cc2)cc(I)c1OCc1ccc(Br)cc1. The first-order valence-corrected chi connectivity index (χ1v) is 10.3. The molecule has 0 unspecified atom stereocenters. The number of aliphatic imine (C=N–C) groups is 1. The smallest absolute Gasteiger partial charge is 0.174 e. The van der Waals surface area contributed by atoms with Crippen LogP contribution in [0.4, 0.5) is 5.69 Å². The van der Waals surface area contributed by atoms with E-state index in [1.54, 1.807) is 7.11 Å². The van der Waals surface area contributed by atoms with Gasteiger partial charge in [-0.15, -0.1) is 0 Å². The fourth-order valence-corrected chi connectivity index (χ4v) is 3.52. The van der Waals surface area contributed by atoms with E-state index in [-0.39, 0.29) is 0 Å². The maximum Gasteiger partial charge on any atom is 0.174 e. The Morgan fingerprint density at radius 2 is 1.74 bits per heavy atom. The van der Waals surface area contributed by atoms with Gasteiger partial charge >= 0.3 is 0 Å². The van der Waals surface area contributed by atoms with Crippen molar-refractivity contribution in [1.29, 1.82) is 0 Å². The predicted octanol–water partition coefficient (Wildman–Crippen LogP) is 6.70. The zero-order chi connectivity index (χ0) is 19.2. The molecule has 0 saturated carbocycles. The summed E-state index contributed by atoms with van der Waals surface area (Å²) in [5.74, 6) is 1.44. The first-order valence-electron chi connectivity index (χ1n) is 8.40. The van der Waals surface area contributed by atoms with Gasteiger partial charge in [-0.3, -0.25) is 4.99 Å². The summed E-state index contributed by atoms with van der Waals surface area (Å²) in [6.07, 6.45) is 1.84. The van der Waals surface area contributed by atoms with Gasteiger partial charge in [0.25, 0.3) is 0 Å². The van der Waals surface area contributed by atoms with E-state index in [1.165, 1.54) is 5.56 Å². The van der Waals surface area contributed by atoms with Crippen molar-refractivity contribution in [2.45, 2.75) is 13.5 Å². The van der Waals surface area contributed by atoms with Crippen molar-refractivity contribution >= 4 is 50.4 Å². The zero-order valence-electron chi connectivity index (χ0n) is 15.1. The van der Waals surface area contributed by atoms with Crippen molar-refractivity contribution in [3.8, 4) is 11.5 Å². The van der Waals surface area contributed by atoms with E-state index in [4.69, 9.17) is 9.47 Å². The van der Waals surface area contributed by atoms with E-state index in [0.717, 1.165) is 30.6 Å². The second-order valence-electron chi connectivity index (χ2n) is 6.04. The summed E-state index contributed by atoms with van der Waals surface area (Å²) in [4.78, 5) is 4.54. The summed E-state index contributed by atoms with van der Waals surface area (Å²) in [6, 6.07) is 20.2. The molecule has 27 heavy (non-hydrogen) atoms. The van der Waals surface area contributed by atoms with Crippen LogP contribution in [-0.2, 0) is 6.61 Å². The van der Waals surface area contributed by atoms with Crippen LogP contribution in [0.3, 0.4) is 0 Å². The van der Waals surface area contributed by atoms with Gasteiger partial charge in [-0.25, -0.2) is 0 Å². The Bertz CT molecular complexity index is 938. The van der Waals surface area contributed by atoms with Gasteiger partial charge < -0.3 is 9.47 Å². The largest absolute Gasteiger partial charge is 0.493 e. The summed E-state index contributed by atoms with van der Waals surface area (Å²) in [5, 5.41) is 0. The molecule has 0 radical (unpaired) electrons. The van der Waals surface area contributed by atoms with Crippen LogP contribution in [0.5, 0.6) is 11.5 Å². The number of aryl methyl sites for hydroxylation is 1. The summed E-state index contributed by atoms with van der Waals surface area (Å²) in [6.45, 7) is 2.55. The summed E-state index contributed by atoms with van der Waals surface area (Å²) in [5.41, 5.74) is 4.21. The number of halogens is 2. The van der Waals surface area contributed by atoms with Crippen molar-refractivity contribution < 1.29 is 9.47 Å². The molecule has 3 nitrogen and oxygen atoms in total. The molecule has 138 valence electrons. The van der Waals surface area contributed by atoms with Crippen LogP contribution in [0, 0.1) is 10.5 Å². The van der Waals surface area contributed by atoms with Gasteiger partial charge in [-0.05, 0) is 77.0 Å². The minimum absolute atomic E-state index is 0.483. The molecule has 0 bridgehead atoms. The first kappa shape index (κ1) is 19.9. The molecule has 0 fully saturated rings. The number of nitrogens with zero attached hydrogens (tertiary/aromatic N) is 1. The maximum atomic E-state index is 6.02. The van der Waals surface area contributed by atoms with E-state index >= 15 is 0 Å². The van der Waals surface area contributed by atoms with Crippen LogP contribution in [0.25, 0.3) is 0 Å². The lowest BCUT2D eigenvalue weighted by Crippen LogP contribution is -2.00. The second kappa shape index (κ2) is 9.37. The van der Waals surface area contributed by atoms with Crippen LogP contribution in [-0.4, -0.2) is 13.3 Å². The third-order valence-corrected chi connectivity index (χ3v) is 5.27. The first-order chi connectivity index (χ1) is 13.0. The highest BCUT2D eigenvalue weighted by Crippen LogP contribution is 2.34. The summed E-state index contributed by atoms with van der Waals surface area (Å²) < 4.78 is 13.6. The van der Waals surface area contributed by atoms with E-state index in [1.807, 2.05) is 54.7 Å². The van der Waals surface area contributed by atoms with Crippen LogP contribution in [0.2, 0.25) is 0 Å². The normalized spacial score (nSPS) is 11.0. The Hall–Kier alpha value is -1.86. The predicted molar refractivity (Wildman–Crippen MR) is 123 cm³/mol. The monoisotopic (exact) mass is 535 g/mol. The molecular weight excluding hydrogens is 517 g/mol. The lowest BCUT2D eigenvalue weighted by Gasteiger charge is -2.13. The van der Waals surface area contributed by atoms with Gasteiger partial charge in [0, 0.05) is 10.7 Å². The molecule has 0 heterocycles. The molecule has 3 aromatic carbocycles. The van der Waals surface area contributed by atoms with E-state index in [9.17, 15) is 0 Å². The van der Waals surface area contributed by atoms with Gasteiger partial charge in [0.1, 0.15) is 6.61 Å². The molecule has 3 rings (SSSR count). The van der Waals surface area contributed by atoms with E-state index in [0.29, 0.717) is 12.4 Å². The van der Waals surface area contributed by atoms with Crippen molar-refractivity contribution in [2.24, 2.45) is 4.99 Å². The Labute approximate surface area is 181 Å². The van der Waals surface area contributed by atoms with Crippen molar-refractivity contribution in [2.75, 3.05) is 7.11 Å². The summed E-state index contributed by atoms with van der Waals surface area (Å²) >= 11 is 5.71. The van der Waals surface area contributed by atoms with Crippen molar-refractivity contribution in [3.63, 3.8) is 0 Å². The van der Waals surface area contributed by atoms with E-state index in [2.05, 4.69) is 62.6 Å². The molecule has 3 aromatic rings. The molecule has 0 saturated heterocycles. The van der Waals surface area contributed by atoms with Crippen molar-refractivity contribution in [3.05, 3.63) is 85.4 Å². The van der Waals surface area contributed by atoms with Gasteiger partial charge in [-0.1, -0.05) is 45.8 Å². The number of hydrogen-bond donors (Lipinski definition) is 0. The minimum Gasteiger partial charge on any atom is -0.493 e. The second-order valence-corrected chi connectivity index (χ2v) is 8.12. The van der Waals surface area contributed by atoms with Gasteiger partial charge in [0.2, 0.25) is 0 Å². The topological polar surface area (TPSA) is 30.8 Å². The van der Waals surface area contributed by atoms with Gasteiger partial charge in [0.05, 0.1) is 16.4 Å². The van der Waals surface area contributed by atoms with Crippen molar-refractivity contribution in [1.82, 2.24) is 0 Å². The third-order valence-electron chi connectivity index (χ3n) is 3.94. The molecule has 0 atom stereocenters. The number of benzene rings is 3. The molecule has 0 N–H and O–H groups in total. The minimum atomic E-state index is 0.483. The van der Waals surface area contributed by atoms with Crippen LogP contribution >= 0.6 is 38.5 Å². The van der Waals surface area contributed by atoms with Gasteiger partial charge in [0.15, 0.2) is 11.5 Å². The number of rotatable bonds is 6. The highest BCUT2D eigenvalue weighted by Gasteiger charge is 2.11. The van der Waals surface area contributed by atoms with Crippen LogP contribution in [0.15, 0.2) is 70.1 Å². The standard InChI is InChI=1S/C22H19BrINO2/c1-15-3-9-19(10-4-15)25-13-17-11-20(24)22(21(12-17)26-2)27-14-16-5-7-18(23)8-6-16/h3-13H,14H2,1-2H3. The fourth-order valence-electron chi connectivity index (χ4n) is 2.47. The molecule has 0 aliphatic carbocycles. The average Bonchev–Trinajstić information content (AvgIpc) is 2.67. The highest BCUT2D eigenvalue weighted by atomic mass is 127. The van der Waals surface area contributed by atoms with Crippen LogP contribution < -0.4 is 9.47 Å². The Morgan fingerprint density at radius 3 is 2.41 bits per heavy atom. The van der Waals surface area contributed by atoms with Gasteiger partial charge in [-0.2, -0.15) is 0 Å². The van der Waals surface area contributed by atoms with Crippen LogP contribution in [0.1, 0.15) is 16.7 Å². The number of hydrogen-bond acceptors (Lipinski definition) is 3. The number of methoxy groups -OCH3 is 1. The lowest BCUT2D eigenvalue weighted by molar-refractivity contribution is 0.282. The lowest BCUT2D eigenvalue weighted by atomic mass is 10.2. The molecule has 0 aromatic heterocycles. The quantitative estimate of drug-likeness (QED) is 0.260.